The molecule has 1 aliphatic rings. The Bertz CT molecular complexity index is 536. The van der Waals surface area contributed by atoms with Crippen LogP contribution in [0.4, 0.5) is 0 Å². The number of rotatable bonds is 28. The molecule has 8 N–H and O–H groups in total. The first-order valence-corrected chi connectivity index (χ1v) is 16.9. The van der Waals surface area contributed by atoms with E-state index in [0.717, 1.165) is 64.2 Å². The van der Waals surface area contributed by atoms with E-state index < -0.39 is 0 Å². The van der Waals surface area contributed by atoms with Crippen LogP contribution in [0.2, 0.25) is 0 Å². The second-order valence-corrected chi connectivity index (χ2v) is 12.4. The smallest absolute Gasteiger partial charge is 0.0443 e. The van der Waals surface area contributed by atoms with Gasteiger partial charge in [-0.05, 0) is 109 Å². The van der Waals surface area contributed by atoms with Crippen LogP contribution in [-0.2, 0) is 0 Å². The average Bonchev–Trinajstić information content (AvgIpc) is 3.02. The Morgan fingerprint density at radius 3 is 0.905 bits per heavy atom. The number of aliphatic hydroxyl groups excluding tert-OH is 8. The Morgan fingerprint density at radius 2 is 0.667 bits per heavy atom. The third kappa shape index (κ3) is 12.9. The van der Waals surface area contributed by atoms with Crippen LogP contribution in [0.1, 0.15) is 116 Å². The molecule has 2 unspecified atom stereocenters. The highest BCUT2D eigenvalue weighted by atomic mass is 16.3. The molecule has 0 saturated heterocycles. The van der Waals surface area contributed by atoms with Crippen LogP contribution < -0.4 is 0 Å². The molecule has 10 heteroatoms. The number of hydrogen-bond donors (Lipinski definition) is 8. The van der Waals surface area contributed by atoms with Crippen LogP contribution in [0.25, 0.3) is 0 Å². The summed E-state index contributed by atoms with van der Waals surface area (Å²) in [7, 11) is 0. The number of aliphatic hydroxyl groups is 8. The maximum atomic E-state index is 9.86. The predicted octanol–water partition coefficient (Wildman–Crippen LogP) is 1.78. The van der Waals surface area contributed by atoms with Crippen molar-refractivity contribution in [2.24, 2.45) is 0 Å². The molecule has 0 aliphatic heterocycles. The SMILES string of the molecule is OCCCN(C1CCCC(N(CCCO)C(CCCO)(CCCO)CCCO)C1)C(CCCO)(CCCO)CCCO. The Labute approximate surface area is 255 Å². The second kappa shape index (κ2) is 23.9. The molecule has 1 aliphatic carbocycles. The zero-order valence-corrected chi connectivity index (χ0v) is 26.4. The van der Waals surface area contributed by atoms with Crippen molar-refractivity contribution in [3.05, 3.63) is 0 Å². The molecule has 0 heterocycles. The summed E-state index contributed by atoms with van der Waals surface area (Å²) in [6.45, 7) is 2.07. The first-order valence-electron chi connectivity index (χ1n) is 16.9. The van der Waals surface area contributed by atoms with E-state index in [1.165, 1.54) is 0 Å². The lowest BCUT2D eigenvalue weighted by Gasteiger charge is -2.54. The van der Waals surface area contributed by atoms with E-state index in [4.69, 9.17) is 0 Å². The van der Waals surface area contributed by atoms with Gasteiger partial charge in [0.15, 0.2) is 0 Å². The molecule has 10 nitrogen and oxygen atoms in total. The molecule has 1 fully saturated rings. The standard InChI is InChI=1S/C32H66N2O8/c35-20-2-12-31(13-3-21-36,14-4-22-37)33(18-8-26-41)29-10-1-11-30(28-29)34(19-9-27-42)32(15-5-23-38,16-6-24-39)17-7-25-40/h29-30,35-42H,1-28H2. The summed E-state index contributed by atoms with van der Waals surface area (Å²) in [6, 6.07) is 0.434. The Hall–Kier alpha value is -0.400. The molecule has 0 radical (unpaired) electrons. The minimum absolute atomic E-state index is 0.0813. The summed E-state index contributed by atoms with van der Waals surface area (Å²) >= 11 is 0. The molecule has 1 rings (SSSR count). The van der Waals surface area contributed by atoms with Gasteiger partial charge in [0.1, 0.15) is 0 Å². The predicted molar refractivity (Wildman–Crippen MR) is 166 cm³/mol. The fourth-order valence-corrected chi connectivity index (χ4v) is 7.86. The van der Waals surface area contributed by atoms with Gasteiger partial charge in [0.25, 0.3) is 0 Å². The lowest BCUT2D eigenvalue weighted by atomic mass is 9.76. The van der Waals surface area contributed by atoms with Crippen molar-refractivity contribution in [2.75, 3.05) is 65.9 Å². The van der Waals surface area contributed by atoms with Gasteiger partial charge in [-0.25, -0.2) is 0 Å². The molecule has 0 amide bonds. The van der Waals surface area contributed by atoms with E-state index >= 15 is 0 Å². The van der Waals surface area contributed by atoms with Crippen LogP contribution in [0.15, 0.2) is 0 Å². The monoisotopic (exact) mass is 606 g/mol. The third-order valence-electron chi connectivity index (χ3n) is 9.63. The van der Waals surface area contributed by atoms with Gasteiger partial charge in [0.05, 0.1) is 0 Å². The fraction of sp³-hybridized carbons (Fsp3) is 1.00. The van der Waals surface area contributed by atoms with Gasteiger partial charge < -0.3 is 40.9 Å². The van der Waals surface area contributed by atoms with Crippen LogP contribution in [0.5, 0.6) is 0 Å². The lowest BCUT2D eigenvalue weighted by molar-refractivity contribution is -0.0512. The maximum Gasteiger partial charge on any atom is 0.0443 e. The first-order chi connectivity index (χ1) is 20.5. The van der Waals surface area contributed by atoms with Crippen LogP contribution in [-0.4, -0.2) is 140 Å². The van der Waals surface area contributed by atoms with Crippen molar-refractivity contribution in [1.82, 2.24) is 9.80 Å². The largest absolute Gasteiger partial charge is 0.396 e. The molecule has 0 spiro atoms. The van der Waals surface area contributed by atoms with Gasteiger partial charge in [0.2, 0.25) is 0 Å². The topological polar surface area (TPSA) is 168 Å². The summed E-state index contributed by atoms with van der Waals surface area (Å²) in [5.74, 6) is 0. The fourth-order valence-electron chi connectivity index (χ4n) is 7.86. The molecule has 252 valence electrons. The molecule has 42 heavy (non-hydrogen) atoms. The van der Waals surface area contributed by atoms with Gasteiger partial charge in [-0.3, -0.25) is 9.80 Å². The van der Waals surface area contributed by atoms with Crippen LogP contribution in [0, 0.1) is 0 Å². The van der Waals surface area contributed by atoms with Crippen molar-refractivity contribution in [2.45, 2.75) is 139 Å². The van der Waals surface area contributed by atoms with Crippen molar-refractivity contribution >= 4 is 0 Å². The summed E-state index contributed by atoms with van der Waals surface area (Å²) in [6.07, 6.45) is 13.6. The molecular formula is C32H66N2O8. The Balaban J connectivity index is 3.54. The van der Waals surface area contributed by atoms with E-state index in [1.807, 2.05) is 0 Å². The van der Waals surface area contributed by atoms with Gasteiger partial charge in [0, 0.05) is 89.1 Å². The van der Waals surface area contributed by atoms with E-state index in [0.29, 0.717) is 64.5 Å². The first kappa shape index (κ1) is 39.6. The van der Waals surface area contributed by atoms with E-state index in [1.54, 1.807) is 0 Å². The average molecular weight is 607 g/mol. The van der Waals surface area contributed by atoms with Crippen molar-refractivity contribution in [3.8, 4) is 0 Å². The second-order valence-electron chi connectivity index (χ2n) is 12.4. The number of hydrogen-bond acceptors (Lipinski definition) is 10. The van der Waals surface area contributed by atoms with Gasteiger partial charge >= 0.3 is 0 Å². The zero-order valence-electron chi connectivity index (χ0n) is 26.4. The molecule has 0 bridgehead atoms. The number of nitrogens with zero attached hydrogens (tertiary/aromatic N) is 2. The zero-order chi connectivity index (χ0) is 31.1. The van der Waals surface area contributed by atoms with Gasteiger partial charge in [-0.15, -0.1) is 0 Å². The lowest BCUT2D eigenvalue weighted by Crippen LogP contribution is -2.60. The molecular weight excluding hydrogens is 540 g/mol. The van der Waals surface area contributed by atoms with Gasteiger partial charge in [-0.2, -0.15) is 0 Å². The van der Waals surface area contributed by atoms with Crippen LogP contribution >= 0.6 is 0 Å². The highest BCUT2D eigenvalue weighted by molar-refractivity contribution is 5.00. The van der Waals surface area contributed by atoms with Gasteiger partial charge in [-0.1, -0.05) is 6.42 Å². The van der Waals surface area contributed by atoms with Crippen molar-refractivity contribution in [1.29, 1.82) is 0 Å². The molecule has 0 aromatic carbocycles. The van der Waals surface area contributed by atoms with E-state index in [2.05, 4.69) is 9.80 Å². The third-order valence-corrected chi connectivity index (χ3v) is 9.63. The normalized spacial score (nSPS) is 18.4. The minimum atomic E-state index is -0.298. The minimum Gasteiger partial charge on any atom is -0.396 e. The Kier molecular flexibility index (Phi) is 22.6. The molecule has 1 saturated carbocycles. The molecule has 2 atom stereocenters. The summed E-state index contributed by atoms with van der Waals surface area (Å²) in [4.78, 5) is 5.11. The van der Waals surface area contributed by atoms with Crippen LogP contribution in [0.3, 0.4) is 0 Å². The molecule has 0 aromatic rings. The highest BCUT2D eigenvalue weighted by Gasteiger charge is 2.44. The molecule has 0 aromatic heterocycles. The highest BCUT2D eigenvalue weighted by Crippen LogP contribution is 2.42. The van der Waals surface area contributed by atoms with Crippen molar-refractivity contribution in [3.63, 3.8) is 0 Å². The summed E-state index contributed by atoms with van der Waals surface area (Å²) < 4.78 is 0. The Morgan fingerprint density at radius 1 is 0.405 bits per heavy atom. The maximum absolute atomic E-state index is 9.86. The van der Waals surface area contributed by atoms with Crippen molar-refractivity contribution < 1.29 is 40.9 Å². The quantitative estimate of drug-likeness (QED) is 0.0657. The summed E-state index contributed by atoms with van der Waals surface area (Å²) in [5.41, 5.74) is -0.596. The summed E-state index contributed by atoms with van der Waals surface area (Å²) in [5, 5.41) is 78.6. The van der Waals surface area contributed by atoms with E-state index in [-0.39, 0.29) is 76.0 Å². The van der Waals surface area contributed by atoms with E-state index in [9.17, 15) is 40.9 Å².